The third-order valence-corrected chi connectivity index (χ3v) is 6.71. The van der Waals surface area contributed by atoms with Gasteiger partial charge in [0.05, 0.1) is 10.6 Å². The lowest BCUT2D eigenvalue weighted by Gasteiger charge is -2.19. The molecule has 0 radical (unpaired) electrons. The topological polar surface area (TPSA) is 66.5 Å². The van der Waals surface area contributed by atoms with Gasteiger partial charge >= 0.3 is 0 Å². The van der Waals surface area contributed by atoms with E-state index in [9.17, 15) is 13.2 Å². The molecule has 0 fully saturated rings. The van der Waals surface area contributed by atoms with Gasteiger partial charge in [-0.2, -0.15) is 0 Å². The Kier molecular flexibility index (Phi) is 3.96. The van der Waals surface area contributed by atoms with Gasteiger partial charge in [-0.3, -0.25) is 9.10 Å². The number of aryl methyl sites for hydroxylation is 3. The van der Waals surface area contributed by atoms with Gasteiger partial charge in [-0.1, -0.05) is 42.0 Å². The Bertz CT molecular complexity index is 1170. The van der Waals surface area contributed by atoms with Gasteiger partial charge in [0.15, 0.2) is 0 Å². The fourth-order valence-corrected chi connectivity index (χ4v) is 5.48. The molecule has 0 unspecified atom stereocenters. The number of rotatable bonds is 3. The number of sulfonamides is 1. The monoisotopic (exact) mass is 380 g/mol. The van der Waals surface area contributed by atoms with Crippen LogP contribution in [0.2, 0.25) is 0 Å². The first-order valence-corrected chi connectivity index (χ1v) is 10.2. The number of nitrogens with zero attached hydrogens (tertiary/aromatic N) is 1. The highest BCUT2D eigenvalue weighted by molar-refractivity contribution is 7.93. The van der Waals surface area contributed by atoms with Crippen molar-refractivity contribution in [1.29, 1.82) is 0 Å². The third-order valence-electron chi connectivity index (χ3n) is 4.91. The van der Waals surface area contributed by atoms with E-state index >= 15 is 0 Å². The minimum atomic E-state index is -3.74. The maximum atomic E-state index is 13.0. The number of amides is 1. The standard InChI is InChI=1S/C21H20N2O3S/c1-13-10-14(2)21(15(3)11-13)22-19(24)12-23-17-8-4-6-16-7-5-9-18(20(16)17)27(23,25)26/h4-11H,12H2,1-3H3,(H,22,24). The van der Waals surface area contributed by atoms with Crippen LogP contribution in [0.4, 0.5) is 11.4 Å². The van der Waals surface area contributed by atoms with Crippen LogP contribution in [-0.2, 0) is 14.8 Å². The summed E-state index contributed by atoms with van der Waals surface area (Å²) in [6.07, 6.45) is 0. The molecule has 0 saturated heterocycles. The SMILES string of the molecule is Cc1cc(C)c(NC(=O)CN2c3cccc4cccc(c34)S2(=O)=O)c(C)c1. The Balaban J connectivity index is 1.68. The van der Waals surface area contributed by atoms with Crippen LogP contribution in [0.25, 0.3) is 10.8 Å². The summed E-state index contributed by atoms with van der Waals surface area (Å²) in [5, 5.41) is 4.41. The van der Waals surface area contributed by atoms with Crippen LogP contribution in [-0.4, -0.2) is 20.9 Å². The molecule has 0 spiro atoms. The van der Waals surface area contributed by atoms with Gasteiger partial charge in [0.25, 0.3) is 10.0 Å². The molecule has 1 N–H and O–H groups in total. The summed E-state index contributed by atoms with van der Waals surface area (Å²) in [5.74, 6) is -0.363. The molecule has 138 valence electrons. The highest BCUT2D eigenvalue weighted by Crippen LogP contribution is 2.41. The molecule has 1 heterocycles. The van der Waals surface area contributed by atoms with Crippen molar-refractivity contribution in [2.75, 3.05) is 16.2 Å². The summed E-state index contributed by atoms with van der Waals surface area (Å²) < 4.78 is 27.1. The van der Waals surface area contributed by atoms with Gasteiger partial charge in [0.2, 0.25) is 5.91 Å². The van der Waals surface area contributed by atoms with Gasteiger partial charge in [-0.15, -0.1) is 0 Å². The van der Waals surface area contributed by atoms with E-state index in [1.54, 1.807) is 18.2 Å². The zero-order valence-corrected chi connectivity index (χ0v) is 16.2. The second-order valence-electron chi connectivity index (χ2n) is 6.96. The molecule has 1 amide bonds. The van der Waals surface area contributed by atoms with Crippen molar-refractivity contribution in [3.05, 3.63) is 65.2 Å². The van der Waals surface area contributed by atoms with E-state index in [1.807, 2.05) is 51.1 Å². The Labute approximate surface area is 158 Å². The molecule has 27 heavy (non-hydrogen) atoms. The number of benzene rings is 3. The smallest absolute Gasteiger partial charge is 0.265 e. The van der Waals surface area contributed by atoms with Crippen molar-refractivity contribution < 1.29 is 13.2 Å². The predicted octanol–water partition coefficient (Wildman–Crippen LogP) is 3.91. The highest BCUT2D eigenvalue weighted by Gasteiger charge is 2.36. The van der Waals surface area contributed by atoms with Crippen LogP contribution >= 0.6 is 0 Å². The van der Waals surface area contributed by atoms with Crippen molar-refractivity contribution >= 4 is 38.1 Å². The molecule has 0 saturated carbocycles. The summed E-state index contributed by atoms with van der Waals surface area (Å²) >= 11 is 0. The number of carbonyl (C=O) groups excluding carboxylic acids is 1. The lowest BCUT2D eigenvalue weighted by atomic mass is 10.1. The van der Waals surface area contributed by atoms with Gasteiger partial charge < -0.3 is 5.32 Å². The maximum absolute atomic E-state index is 13.0. The second-order valence-corrected chi connectivity index (χ2v) is 8.80. The van der Waals surface area contributed by atoms with Crippen LogP contribution in [0.1, 0.15) is 16.7 Å². The van der Waals surface area contributed by atoms with Crippen molar-refractivity contribution in [3.63, 3.8) is 0 Å². The molecule has 6 heteroatoms. The van der Waals surface area contributed by atoms with E-state index < -0.39 is 10.0 Å². The number of carbonyl (C=O) groups is 1. The Morgan fingerprint density at radius 1 is 1.00 bits per heavy atom. The summed E-state index contributed by atoms with van der Waals surface area (Å²) in [5.41, 5.74) is 4.31. The zero-order valence-electron chi connectivity index (χ0n) is 15.4. The Morgan fingerprint density at radius 2 is 1.63 bits per heavy atom. The van der Waals surface area contributed by atoms with Crippen LogP contribution in [0.15, 0.2) is 53.4 Å². The van der Waals surface area contributed by atoms with Crippen molar-refractivity contribution in [2.45, 2.75) is 25.7 Å². The molecule has 5 nitrogen and oxygen atoms in total. The minimum absolute atomic E-state index is 0.256. The number of hydrogen-bond acceptors (Lipinski definition) is 3. The first-order chi connectivity index (χ1) is 12.8. The Morgan fingerprint density at radius 3 is 2.30 bits per heavy atom. The lowest BCUT2D eigenvalue weighted by molar-refractivity contribution is -0.114. The third kappa shape index (κ3) is 2.77. The van der Waals surface area contributed by atoms with E-state index in [0.717, 1.165) is 27.8 Å². The Hall–Kier alpha value is -2.86. The van der Waals surface area contributed by atoms with Crippen LogP contribution in [0.3, 0.4) is 0 Å². The summed E-state index contributed by atoms with van der Waals surface area (Å²) in [6, 6.07) is 14.6. The largest absolute Gasteiger partial charge is 0.324 e. The molecule has 1 aliphatic rings. The van der Waals surface area contributed by atoms with Crippen molar-refractivity contribution in [1.82, 2.24) is 0 Å². The molecule has 0 aromatic heterocycles. The molecule has 0 bridgehead atoms. The molecular weight excluding hydrogens is 360 g/mol. The van der Waals surface area contributed by atoms with E-state index in [-0.39, 0.29) is 17.3 Å². The van der Waals surface area contributed by atoms with E-state index in [2.05, 4.69) is 5.32 Å². The minimum Gasteiger partial charge on any atom is -0.324 e. The van der Waals surface area contributed by atoms with E-state index in [0.29, 0.717) is 11.1 Å². The van der Waals surface area contributed by atoms with Gasteiger partial charge in [0, 0.05) is 11.1 Å². The predicted molar refractivity (Wildman–Crippen MR) is 108 cm³/mol. The van der Waals surface area contributed by atoms with E-state index in [4.69, 9.17) is 0 Å². The van der Waals surface area contributed by atoms with Crippen LogP contribution in [0, 0.1) is 20.8 Å². The summed E-state index contributed by atoms with van der Waals surface area (Å²) in [7, 11) is -3.74. The van der Waals surface area contributed by atoms with Crippen molar-refractivity contribution in [3.8, 4) is 0 Å². The van der Waals surface area contributed by atoms with Gasteiger partial charge in [0.1, 0.15) is 6.54 Å². The molecule has 1 aliphatic heterocycles. The second kappa shape index (κ2) is 6.09. The van der Waals surface area contributed by atoms with E-state index in [1.165, 1.54) is 4.31 Å². The normalized spacial score (nSPS) is 14.6. The van der Waals surface area contributed by atoms with Crippen LogP contribution < -0.4 is 9.62 Å². The number of nitrogens with one attached hydrogen (secondary N) is 1. The fourth-order valence-electron chi connectivity index (χ4n) is 3.82. The summed E-state index contributed by atoms with van der Waals surface area (Å²) in [4.78, 5) is 13.0. The number of hydrogen-bond donors (Lipinski definition) is 1. The molecule has 3 aromatic carbocycles. The molecule has 0 atom stereocenters. The van der Waals surface area contributed by atoms with Crippen LogP contribution in [0.5, 0.6) is 0 Å². The average molecular weight is 380 g/mol. The van der Waals surface area contributed by atoms with Crippen molar-refractivity contribution in [2.24, 2.45) is 0 Å². The molecule has 4 rings (SSSR count). The molecular formula is C21H20N2O3S. The first-order valence-electron chi connectivity index (χ1n) is 8.71. The quantitative estimate of drug-likeness (QED) is 0.749. The molecule has 0 aliphatic carbocycles. The lowest BCUT2D eigenvalue weighted by Crippen LogP contribution is -2.35. The van der Waals surface area contributed by atoms with Gasteiger partial charge in [-0.25, -0.2) is 8.42 Å². The molecule has 3 aromatic rings. The maximum Gasteiger partial charge on any atom is 0.265 e. The van der Waals surface area contributed by atoms with Gasteiger partial charge in [-0.05, 0) is 49.4 Å². The highest BCUT2D eigenvalue weighted by atomic mass is 32.2. The zero-order chi connectivity index (χ0) is 19.3. The fraction of sp³-hybridized carbons (Fsp3) is 0.190. The first kappa shape index (κ1) is 17.5. The summed E-state index contributed by atoms with van der Waals surface area (Å²) in [6.45, 7) is 5.60. The average Bonchev–Trinajstić information content (AvgIpc) is 2.82. The number of anilines is 2.